The molecule has 1 aromatic heterocycles. The monoisotopic (exact) mass is 288 g/mol. The topological polar surface area (TPSA) is 82.2 Å². The van der Waals surface area contributed by atoms with Crippen LogP contribution < -0.4 is 5.32 Å². The van der Waals surface area contributed by atoms with Gasteiger partial charge in [0.25, 0.3) is 0 Å². The number of hydrogen-bond acceptors (Lipinski definition) is 2. The van der Waals surface area contributed by atoms with Crippen molar-refractivity contribution >= 4 is 22.8 Å². The summed E-state index contributed by atoms with van der Waals surface area (Å²) >= 11 is 0. The zero-order valence-corrected chi connectivity index (χ0v) is 12.5. The van der Waals surface area contributed by atoms with Crippen molar-refractivity contribution in [1.82, 2.24) is 10.3 Å². The molecular formula is C16H20N2O3. The summed E-state index contributed by atoms with van der Waals surface area (Å²) in [5, 5.41) is 12.9. The van der Waals surface area contributed by atoms with E-state index in [1.807, 2.05) is 39.0 Å². The Kier molecular flexibility index (Phi) is 4.31. The van der Waals surface area contributed by atoms with Crippen LogP contribution in [0.25, 0.3) is 10.9 Å². The second kappa shape index (κ2) is 5.99. The number of amides is 1. The molecule has 1 aromatic carbocycles. The molecule has 0 spiro atoms. The van der Waals surface area contributed by atoms with E-state index in [0.717, 1.165) is 16.5 Å². The van der Waals surface area contributed by atoms with E-state index in [2.05, 4.69) is 10.3 Å². The predicted octanol–water partition coefficient (Wildman–Crippen LogP) is 2.84. The first-order valence-corrected chi connectivity index (χ1v) is 6.99. The van der Waals surface area contributed by atoms with Gasteiger partial charge in [-0.1, -0.05) is 25.5 Å². The molecule has 0 saturated carbocycles. The van der Waals surface area contributed by atoms with Crippen molar-refractivity contribution in [2.75, 3.05) is 0 Å². The fourth-order valence-electron chi connectivity index (χ4n) is 2.36. The van der Waals surface area contributed by atoms with Crippen LogP contribution in [0.5, 0.6) is 0 Å². The number of aromatic amines is 1. The molecule has 2 aromatic rings. The summed E-state index contributed by atoms with van der Waals surface area (Å²) in [6.45, 7) is 6.11. The Morgan fingerprint density at radius 2 is 2.05 bits per heavy atom. The van der Waals surface area contributed by atoms with E-state index in [1.165, 1.54) is 0 Å². The summed E-state index contributed by atoms with van der Waals surface area (Å²) in [6, 6.07) is 5.71. The highest BCUT2D eigenvalue weighted by Gasteiger charge is 2.17. The van der Waals surface area contributed by atoms with Gasteiger partial charge in [-0.15, -0.1) is 0 Å². The number of benzene rings is 1. The van der Waals surface area contributed by atoms with Crippen molar-refractivity contribution in [1.29, 1.82) is 0 Å². The van der Waals surface area contributed by atoms with E-state index in [9.17, 15) is 14.7 Å². The Morgan fingerprint density at radius 1 is 1.33 bits per heavy atom. The largest absolute Gasteiger partial charge is 0.477 e. The Hall–Kier alpha value is -2.30. The highest BCUT2D eigenvalue weighted by atomic mass is 16.4. The van der Waals surface area contributed by atoms with E-state index in [1.54, 1.807) is 0 Å². The number of aryl methyl sites for hydroxylation is 1. The minimum Gasteiger partial charge on any atom is -0.477 e. The number of hydrogen-bond donors (Lipinski definition) is 3. The molecule has 0 aliphatic rings. The summed E-state index contributed by atoms with van der Waals surface area (Å²) in [7, 11) is 0. The number of rotatable bonds is 5. The van der Waals surface area contributed by atoms with Crippen LogP contribution in [-0.2, 0) is 11.3 Å². The number of fused-ring (bicyclic) bond motifs is 1. The standard InChI is InChI=1S/C16H20N2O3/c1-9(2)6-14(19)17-8-12-11-7-10(3)4-5-13(11)18-15(12)16(20)21/h4-5,7,9,18H,6,8H2,1-3H3,(H,17,19)(H,20,21). The fourth-order valence-corrected chi connectivity index (χ4v) is 2.36. The van der Waals surface area contributed by atoms with E-state index in [4.69, 9.17) is 0 Å². The van der Waals surface area contributed by atoms with Gasteiger partial charge >= 0.3 is 5.97 Å². The van der Waals surface area contributed by atoms with Crippen molar-refractivity contribution in [3.05, 3.63) is 35.0 Å². The average molecular weight is 288 g/mol. The van der Waals surface area contributed by atoms with E-state index >= 15 is 0 Å². The van der Waals surface area contributed by atoms with Gasteiger partial charge in [0.2, 0.25) is 5.91 Å². The maximum Gasteiger partial charge on any atom is 0.352 e. The van der Waals surface area contributed by atoms with E-state index in [0.29, 0.717) is 12.0 Å². The maximum absolute atomic E-state index is 11.8. The Balaban J connectivity index is 2.32. The average Bonchev–Trinajstić information content (AvgIpc) is 2.73. The fraction of sp³-hybridized carbons (Fsp3) is 0.375. The van der Waals surface area contributed by atoms with Crippen molar-refractivity contribution in [2.24, 2.45) is 5.92 Å². The smallest absolute Gasteiger partial charge is 0.352 e. The third kappa shape index (κ3) is 3.42. The number of aromatic carboxylic acids is 1. The third-order valence-corrected chi connectivity index (χ3v) is 3.33. The molecule has 0 fully saturated rings. The summed E-state index contributed by atoms with van der Waals surface area (Å²) in [6.07, 6.45) is 0.434. The molecular weight excluding hydrogens is 268 g/mol. The lowest BCUT2D eigenvalue weighted by molar-refractivity contribution is -0.121. The number of aromatic nitrogens is 1. The second-order valence-corrected chi connectivity index (χ2v) is 5.71. The van der Waals surface area contributed by atoms with Crippen molar-refractivity contribution in [2.45, 2.75) is 33.7 Å². The molecule has 112 valence electrons. The quantitative estimate of drug-likeness (QED) is 0.791. The van der Waals surface area contributed by atoms with E-state index < -0.39 is 5.97 Å². The number of nitrogens with one attached hydrogen (secondary N) is 2. The molecule has 0 atom stereocenters. The van der Waals surface area contributed by atoms with Gasteiger partial charge in [0.05, 0.1) is 0 Å². The zero-order chi connectivity index (χ0) is 15.6. The van der Waals surface area contributed by atoms with Crippen molar-refractivity contribution in [3.63, 3.8) is 0 Å². The van der Waals surface area contributed by atoms with E-state index in [-0.39, 0.29) is 24.1 Å². The number of carboxylic acids is 1. The van der Waals surface area contributed by atoms with Gasteiger partial charge in [0.1, 0.15) is 5.69 Å². The maximum atomic E-state index is 11.8. The highest BCUT2D eigenvalue weighted by molar-refractivity contribution is 5.97. The predicted molar refractivity (Wildman–Crippen MR) is 81.3 cm³/mol. The number of carbonyl (C=O) groups is 2. The van der Waals surface area contributed by atoms with Gasteiger partial charge in [0.15, 0.2) is 0 Å². The zero-order valence-electron chi connectivity index (χ0n) is 12.5. The second-order valence-electron chi connectivity index (χ2n) is 5.71. The molecule has 0 saturated heterocycles. The molecule has 0 aliphatic carbocycles. The van der Waals surface area contributed by atoms with Crippen LogP contribution in [0.1, 0.15) is 41.9 Å². The summed E-state index contributed by atoms with van der Waals surface area (Å²) < 4.78 is 0. The molecule has 21 heavy (non-hydrogen) atoms. The summed E-state index contributed by atoms with van der Waals surface area (Å²) in [5.74, 6) is -0.811. The third-order valence-electron chi connectivity index (χ3n) is 3.33. The first-order valence-electron chi connectivity index (χ1n) is 6.99. The van der Waals surface area contributed by atoms with Gasteiger partial charge in [-0.25, -0.2) is 4.79 Å². The Labute approximate surface area is 123 Å². The molecule has 0 radical (unpaired) electrons. The minimum atomic E-state index is -1.02. The molecule has 2 rings (SSSR count). The van der Waals surface area contributed by atoms with Crippen LogP contribution in [0.3, 0.4) is 0 Å². The highest BCUT2D eigenvalue weighted by Crippen LogP contribution is 2.24. The van der Waals surface area contributed by atoms with Crippen LogP contribution in [0.2, 0.25) is 0 Å². The number of carboxylic acid groups (broad SMARTS) is 1. The lowest BCUT2D eigenvalue weighted by Gasteiger charge is -2.07. The lowest BCUT2D eigenvalue weighted by atomic mass is 10.1. The van der Waals surface area contributed by atoms with Gasteiger partial charge in [-0.2, -0.15) is 0 Å². The van der Waals surface area contributed by atoms with Crippen LogP contribution in [0, 0.1) is 12.8 Å². The summed E-state index contributed by atoms with van der Waals surface area (Å²) in [5.41, 5.74) is 2.58. The molecule has 3 N–H and O–H groups in total. The van der Waals surface area contributed by atoms with Crippen LogP contribution in [0.4, 0.5) is 0 Å². The number of carbonyl (C=O) groups excluding carboxylic acids is 1. The molecule has 5 nitrogen and oxygen atoms in total. The van der Waals surface area contributed by atoms with Crippen molar-refractivity contribution < 1.29 is 14.7 Å². The van der Waals surface area contributed by atoms with Gasteiger partial charge < -0.3 is 15.4 Å². The SMILES string of the molecule is Cc1ccc2[nH]c(C(=O)O)c(CNC(=O)CC(C)C)c2c1. The first-order chi connectivity index (χ1) is 9.88. The molecule has 0 unspecified atom stereocenters. The molecule has 0 aliphatic heterocycles. The van der Waals surface area contributed by atoms with Gasteiger partial charge in [-0.05, 0) is 25.0 Å². The van der Waals surface area contributed by atoms with Crippen LogP contribution >= 0.6 is 0 Å². The van der Waals surface area contributed by atoms with Crippen LogP contribution in [0.15, 0.2) is 18.2 Å². The molecule has 0 bridgehead atoms. The van der Waals surface area contributed by atoms with Crippen LogP contribution in [-0.4, -0.2) is 22.0 Å². The molecule has 1 amide bonds. The van der Waals surface area contributed by atoms with Gasteiger partial charge in [-0.3, -0.25) is 4.79 Å². The normalized spacial score (nSPS) is 11.0. The van der Waals surface area contributed by atoms with Gasteiger partial charge in [0, 0.05) is 29.4 Å². The van der Waals surface area contributed by atoms with Crippen molar-refractivity contribution in [3.8, 4) is 0 Å². The number of H-pyrrole nitrogens is 1. The Bertz CT molecular complexity index is 686. The summed E-state index contributed by atoms with van der Waals surface area (Å²) in [4.78, 5) is 26.0. The Morgan fingerprint density at radius 3 is 2.67 bits per heavy atom. The molecule has 5 heteroatoms. The molecule has 1 heterocycles. The first kappa shape index (κ1) is 15.1. The lowest BCUT2D eigenvalue weighted by Crippen LogP contribution is -2.24. The minimum absolute atomic E-state index is 0.0664.